The van der Waals surface area contributed by atoms with Gasteiger partial charge in [-0.1, -0.05) is 0 Å². The van der Waals surface area contributed by atoms with E-state index in [1.54, 1.807) is 0 Å². The van der Waals surface area contributed by atoms with Gasteiger partial charge in [0.25, 0.3) is 0 Å². The number of hydrogen-bond acceptors (Lipinski definition) is 0. The van der Waals surface area contributed by atoms with Crippen LogP contribution in [0.15, 0.2) is 0 Å². The van der Waals surface area contributed by atoms with Crippen LogP contribution in [0.4, 0.5) is 0 Å². The van der Waals surface area contributed by atoms with Gasteiger partial charge in [0.2, 0.25) is 0 Å². The van der Waals surface area contributed by atoms with Gasteiger partial charge in [-0.2, -0.15) is 0 Å². The summed E-state index contributed by atoms with van der Waals surface area (Å²) < 4.78 is 0. The quantitative estimate of drug-likeness (QED) is 0.361. The molecule has 0 aromatic heterocycles. The minimum Gasteiger partial charge on any atom is -1.00 e. The predicted octanol–water partition coefficient (Wildman–Crippen LogP) is -15.7. The Morgan fingerprint density at radius 1 is 0.429 bits per heavy atom. The summed E-state index contributed by atoms with van der Waals surface area (Å²) in [6.07, 6.45) is 0. The summed E-state index contributed by atoms with van der Waals surface area (Å²) >= 11 is 0. The average molecular weight is 229 g/mol. The first-order valence-electron chi connectivity index (χ1n) is 0. The molecule has 0 aliphatic heterocycles. The zero-order valence-corrected chi connectivity index (χ0v) is 9.52. The van der Waals surface area contributed by atoms with Crippen molar-refractivity contribution in [3.05, 3.63) is 0 Å². The van der Waals surface area contributed by atoms with E-state index in [-0.39, 0.29) is 102 Å². The van der Waals surface area contributed by atoms with Crippen LogP contribution in [-0.2, 0) is 0 Å². The van der Waals surface area contributed by atoms with Gasteiger partial charge in [-0.25, -0.2) is 0 Å². The maximum absolute atomic E-state index is 0. The van der Waals surface area contributed by atoms with E-state index in [1.165, 1.54) is 0 Å². The Kier molecular flexibility index (Phi) is 981. The van der Waals surface area contributed by atoms with E-state index < -0.39 is 0 Å². The second-order valence-electron chi connectivity index (χ2n) is 0. The van der Waals surface area contributed by atoms with Gasteiger partial charge in [0.15, 0.2) is 0 Å². The topological polar surface area (TPSA) is 0 Å². The van der Waals surface area contributed by atoms with Gasteiger partial charge in [-0.05, 0) is 0 Å². The fourth-order valence-corrected chi connectivity index (χ4v) is 0. The van der Waals surface area contributed by atoms with E-state index in [1.807, 2.05) is 0 Å². The molecule has 0 fully saturated rings. The second kappa shape index (κ2) is 69.5. The molecular formula is AlCl5Mg. The van der Waals surface area contributed by atoms with Crippen molar-refractivity contribution in [3.8, 4) is 0 Å². The maximum atomic E-state index is 0. The van der Waals surface area contributed by atoms with Gasteiger partial charge in [0, 0.05) is 0 Å². The summed E-state index contributed by atoms with van der Waals surface area (Å²) in [5, 5.41) is 0. The van der Waals surface area contributed by atoms with Crippen molar-refractivity contribution in [3.63, 3.8) is 0 Å². The molecule has 0 amide bonds. The van der Waals surface area contributed by atoms with E-state index in [0.717, 1.165) is 0 Å². The Morgan fingerprint density at radius 3 is 0.429 bits per heavy atom. The van der Waals surface area contributed by atoms with Crippen LogP contribution in [0.25, 0.3) is 0 Å². The largest absolute Gasteiger partial charge is 3.00 e. The van der Waals surface area contributed by atoms with Crippen molar-refractivity contribution in [1.29, 1.82) is 0 Å². The molecule has 0 heterocycles. The Bertz CT molecular complexity index is 8.04. The molecule has 0 bridgehead atoms. The summed E-state index contributed by atoms with van der Waals surface area (Å²) in [5.74, 6) is 0. The molecule has 7 heavy (non-hydrogen) atoms. The van der Waals surface area contributed by atoms with Gasteiger partial charge in [0.1, 0.15) is 0 Å². The summed E-state index contributed by atoms with van der Waals surface area (Å²) in [6.45, 7) is 0. The summed E-state index contributed by atoms with van der Waals surface area (Å²) in [7, 11) is 0. The van der Waals surface area contributed by atoms with E-state index in [4.69, 9.17) is 0 Å². The molecule has 0 aromatic rings. The summed E-state index contributed by atoms with van der Waals surface area (Å²) in [5.41, 5.74) is 0. The Hall–Kier alpha value is 2.75. The average Bonchev–Trinajstić information content (AvgIpc) is 0. The van der Waals surface area contributed by atoms with Crippen molar-refractivity contribution >= 4 is 40.4 Å². The maximum Gasteiger partial charge on any atom is 3.00 e. The van der Waals surface area contributed by atoms with Crippen LogP contribution in [0.5, 0.6) is 0 Å². The molecule has 0 saturated heterocycles. The van der Waals surface area contributed by atoms with Gasteiger partial charge in [-0.15, -0.1) is 0 Å². The molecule has 0 aliphatic rings. The van der Waals surface area contributed by atoms with Crippen molar-refractivity contribution in [1.82, 2.24) is 0 Å². The molecular weight excluding hydrogens is 229 g/mol. The fourth-order valence-electron chi connectivity index (χ4n) is 0. The molecule has 0 atom stereocenters. The molecule has 0 rings (SSSR count). The molecule has 0 aromatic carbocycles. The predicted molar refractivity (Wildman–Crippen MR) is 11.5 cm³/mol. The normalized spacial score (nSPS) is 0. The van der Waals surface area contributed by atoms with E-state index in [9.17, 15) is 0 Å². The molecule has 0 spiro atoms. The first-order valence-corrected chi connectivity index (χ1v) is 0. The minimum atomic E-state index is 0. The van der Waals surface area contributed by atoms with Crippen LogP contribution >= 0.6 is 0 Å². The molecule has 0 N–H and O–H groups in total. The van der Waals surface area contributed by atoms with Crippen LogP contribution < -0.4 is 62.0 Å². The van der Waals surface area contributed by atoms with Crippen molar-refractivity contribution in [2.45, 2.75) is 0 Å². The molecule has 40 valence electrons. The van der Waals surface area contributed by atoms with E-state index in [0.29, 0.717) is 0 Å². The molecule has 0 unspecified atom stereocenters. The first-order chi connectivity index (χ1) is 0. The van der Waals surface area contributed by atoms with Crippen molar-refractivity contribution in [2.24, 2.45) is 0 Å². The smallest absolute Gasteiger partial charge is 1.00 e. The van der Waals surface area contributed by atoms with Crippen LogP contribution in [0, 0.1) is 0 Å². The SMILES string of the molecule is [Al+3].[Cl-].[Cl-].[Cl-].[Cl-].[Cl-].[Mg+2]. The van der Waals surface area contributed by atoms with Crippen LogP contribution in [-0.4, -0.2) is 40.4 Å². The molecule has 0 nitrogen and oxygen atoms in total. The number of hydrogen-bond donors (Lipinski definition) is 0. The van der Waals surface area contributed by atoms with E-state index in [2.05, 4.69) is 0 Å². The Morgan fingerprint density at radius 2 is 0.429 bits per heavy atom. The van der Waals surface area contributed by atoms with Gasteiger partial charge in [-0.3, -0.25) is 0 Å². The number of rotatable bonds is 0. The third-order valence-electron chi connectivity index (χ3n) is 0. The standard InChI is InChI=1S/Al.5ClH.Mg/h;5*1H;/q+3;;;;;;+2/p-5. The zero-order chi connectivity index (χ0) is 0. The molecule has 0 radical (unpaired) electrons. The van der Waals surface area contributed by atoms with Crippen LogP contribution in [0.1, 0.15) is 0 Å². The third kappa shape index (κ3) is 52.7. The minimum absolute atomic E-state index is 0. The monoisotopic (exact) mass is 226 g/mol. The fraction of sp³-hybridized carbons (Fsp3) is 0. The van der Waals surface area contributed by atoms with Gasteiger partial charge in [0.05, 0.1) is 0 Å². The Labute approximate surface area is 101 Å². The van der Waals surface area contributed by atoms with Crippen molar-refractivity contribution in [2.75, 3.05) is 0 Å². The molecule has 0 aliphatic carbocycles. The van der Waals surface area contributed by atoms with Gasteiger partial charge >= 0.3 is 40.4 Å². The second-order valence-corrected chi connectivity index (χ2v) is 0. The summed E-state index contributed by atoms with van der Waals surface area (Å²) in [6, 6.07) is 0. The van der Waals surface area contributed by atoms with Crippen LogP contribution in [0.2, 0.25) is 0 Å². The third-order valence-corrected chi connectivity index (χ3v) is 0. The number of halogens is 5. The molecule has 0 saturated carbocycles. The molecule has 7 heteroatoms. The van der Waals surface area contributed by atoms with Gasteiger partial charge < -0.3 is 62.0 Å². The van der Waals surface area contributed by atoms with Crippen LogP contribution in [0.3, 0.4) is 0 Å². The Balaban J connectivity index is 0. The first kappa shape index (κ1) is 98.8. The zero-order valence-electron chi connectivity index (χ0n) is 3.17. The van der Waals surface area contributed by atoms with E-state index >= 15 is 0 Å². The summed E-state index contributed by atoms with van der Waals surface area (Å²) in [4.78, 5) is 0. The van der Waals surface area contributed by atoms with Crippen molar-refractivity contribution < 1.29 is 62.0 Å².